The molecule has 4 rings (SSSR count). The van der Waals surface area contributed by atoms with Crippen molar-refractivity contribution in [2.45, 2.75) is 6.54 Å². The van der Waals surface area contributed by atoms with Gasteiger partial charge in [0.15, 0.2) is 0 Å². The van der Waals surface area contributed by atoms with E-state index in [1.54, 1.807) is 0 Å². The van der Waals surface area contributed by atoms with Gasteiger partial charge in [-0.1, -0.05) is 23.7 Å². The number of nitrogens with zero attached hydrogens (tertiary/aromatic N) is 3. The van der Waals surface area contributed by atoms with Crippen molar-refractivity contribution in [3.05, 3.63) is 52.8 Å². The molecule has 1 aromatic heterocycles. The van der Waals surface area contributed by atoms with Crippen LogP contribution in [0.3, 0.4) is 0 Å². The predicted molar refractivity (Wildman–Crippen MR) is 96.4 cm³/mol. The summed E-state index contributed by atoms with van der Waals surface area (Å²) in [5.41, 5.74) is 6.81. The maximum Gasteiger partial charge on any atom is 0.251 e. The average Bonchev–Trinajstić information content (AvgIpc) is 3.06. The van der Waals surface area contributed by atoms with Gasteiger partial charge in [-0.3, -0.25) is 4.79 Å². The lowest BCUT2D eigenvalue weighted by Crippen LogP contribution is -2.29. The van der Waals surface area contributed by atoms with E-state index in [0.29, 0.717) is 23.3 Å². The van der Waals surface area contributed by atoms with Crippen molar-refractivity contribution in [1.82, 2.24) is 15.3 Å². The summed E-state index contributed by atoms with van der Waals surface area (Å²) in [7, 11) is 0. The van der Waals surface area contributed by atoms with Crippen LogP contribution in [0, 0.1) is 17.8 Å². The van der Waals surface area contributed by atoms with Crippen LogP contribution in [-0.4, -0.2) is 35.5 Å². The van der Waals surface area contributed by atoms with Crippen LogP contribution in [0.25, 0.3) is 0 Å². The fraction of sp³-hybridized carbons (Fsp3) is 0.389. The summed E-state index contributed by atoms with van der Waals surface area (Å²) in [6, 6.07) is 7.95. The Morgan fingerprint density at radius 1 is 1.20 bits per heavy atom. The van der Waals surface area contributed by atoms with E-state index < -0.39 is 5.91 Å². The van der Waals surface area contributed by atoms with E-state index in [0.717, 1.165) is 37.1 Å². The van der Waals surface area contributed by atoms with Gasteiger partial charge < -0.3 is 16.0 Å². The Hall–Kier alpha value is -2.18. The number of hydrogen-bond donors (Lipinski definition) is 2. The Kier molecular flexibility index (Phi) is 4.31. The first-order valence-corrected chi connectivity index (χ1v) is 8.81. The van der Waals surface area contributed by atoms with Crippen molar-refractivity contribution in [2.24, 2.45) is 23.5 Å². The van der Waals surface area contributed by atoms with Gasteiger partial charge in [-0.25, -0.2) is 9.97 Å². The molecule has 0 bridgehead atoms. The molecule has 25 heavy (non-hydrogen) atoms. The first kappa shape index (κ1) is 16.3. The van der Waals surface area contributed by atoms with E-state index in [4.69, 9.17) is 17.3 Å². The highest BCUT2D eigenvalue weighted by Crippen LogP contribution is 2.51. The van der Waals surface area contributed by atoms with Crippen molar-refractivity contribution in [3.63, 3.8) is 0 Å². The highest BCUT2D eigenvalue weighted by atomic mass is 35.5. The van der Waals surface area contributed by atoms with Crippen molar-refractivity contribution in [2.75, 3.05) is 24.5 Å². The molecule has 1 saturated heterocycles. The zero-order valence-electron chi connectivity index (χ0n) is 13.7. The van der Waals surface area contributed by atoms with Gasteiger partial charge in [0.05, 0.1) is 5.56 Å². The molecule has 2 fully saturated rings. The molecule has 2 aromatic rings. The minimum absolute atomic E-state index is 0.345. The Morgan fingerprint density at radius 3 is 2.44 bits per heavy atom. The van der Waals surface area contributed by atoms with Crippen molar-refractivity contribution in [1.29, 1.82) is 0 Å². The number of nitrogens with two attached hydrogens (primary N) is 1. The first-order valence-electron chi connectivity index (χ1n) is 8.44. The summed E-state index contributed by atoms with van der Waals surface area (Å²) < 4.78 is 0. The molecule has 2 heterocycles. The van der Waals surface area contributed by atoms with Crippen LogP contribution in [0.2, 0.25) is 5.02 Å². The van der Waals surface area contributed by atoms with Gasteiger partial charge >= 0.3 is 0 Å². The van der Waals surface area contributed by atoms with Crippen LogP contribution >= 0.6 is 11.6 Å². The van der Waals surface area contributed by atoms with E-state index in [-0.39, 0.29) is 0 Å². The third kappa shape index (κ3) is 3.45. The quantitative estimate of drug-likeness (QED) is 0.822. The van der Waals surface area contributed by atoms with E-state index in [2.05, 4.69) is 32.3 Å². The van der Waals surface area contributed by atoms with Gasteiger partial charge in [0, 0.05) is 37.1 Å². The first-order chi connectivity index (χ1) is 12.1. The Morgan fingerprint density at radius 2 is 1.84 bits per heavy atom. The molecule has 6 nitrogen and oxygen atoms in total. The monoisotopic (exact) mass is 357 g/mol. The lowest BCUT2D eigenvalue weighted by Gasteiger charge is -2.19. The van der Waals surface area contributed by atoms with Gasteiger partial charge in [-0.15, -0.1) is 0 Å². The zero-order valence-corrected chi connectivity index (χ0v) is 14.5. The molecule has 1 amide bonds. The van der Waals surface area contributed by atoms with E-state index in [1.807, 2.05) is 12.1 Å². The Balaban J connectivity index is 1.23. The number of fused-ring (bicyclic) bond motifs is 1. The van der Waals surface area contributed by atoms with E-state index >= 15 is 0 Å². The molecule has 1 aliphatic heterocycles. The van der Waals surface area contributed by atoms with Crippen LogP contribution < -0.4 is 16.0 Å². The third-order valence-electron chi connectivity index (χ3n) is 5.20. The SMILES string of the molecule is NC(=O)c1cnc(N2CC3C(CNCc4ccc(Cl)cc4)C3C2)nc1. The van der Waals surface area contributed by atoms with Crippen molar-refractivity contribution >= 4 is 23.5 Å². The Labute approximate surface area is 151 Å². The molecule has 130 valence electrons. The maximum atomic E-state index is 11.1. The van der Waals surface area contributed by atoms with Gasteiger partial charge in [-0.05, 0) is 42.0 Å². The standard InChI is InChI=1S/C18H20ClN5O/c19-13-3-1-11(2-4-13)5-21-8-14-15-9-24(10-16(14)15)18-22-6-12(7-23-18)17(20)25/h1-4,6-7,14-16,21H,5,8-10H2,(H2,20,25). The number of anilines is 1. The molecule has 2 unspecified atom stereocenters. The van der Waals surface area contributed by atoms with Gasteiger partial charge in [0.25, 0.3) is 5.91 Å². The topological polar surface area (TPSA) is 84.1 Å². The van der Waals surface area contributed by atoms with Crippen molar-refractivity contribution in [3.8, 4) is 0 Å². The number of nitrogens with one attached hydrogen (secondary N) is 1. The number of carbonyl (C=O) groups is 1. The van der Waals surface area contributed by atoms with E-state index in [9.17, 15) is 4.79 Å². The number of halogens is 1. The second kappa shape index (κ2) is 6.61. The van der Waals surface area contributed by atoms with Crippen LogP contribution in [0.15, 0.2) is 36.7 Å². The van der Waals surface area contributed by atoms with Gasteiger partial charge in [0.2, 0.25) is 5.95 Å². The molecular weight excluding hydrogens is 338 g/mol. The number of aromatic nitrogens is 2. The van der Waals surface area contributed by atoms with Crippen LogP contribution in [0.5, 0.6) is 0 Å². The fourth-order valence-electron chi connectivity index (χ4n) is 3.71. The van der Waals surface area contributed by atoms with Gasteiger partial charge in [-0.2, -0.15) is 0 Å². The summed E-state index contributed by atoms with van der Waals surface area (Å²) in [5.74, 6) is 2.33. The predicted octanol–water partition coefficient (Wildman–Crippen LogP) is 1.70. The number of carbonyl (C=O) groups excluding carboxylic acids is 1. The van der Waals surface area contributed by atoms with Crippen molar-refractivity contribution < 1.29 is 4.79 Å². The highest BCUT2D eigenvalue weighted by Gasteiger charge is 2.55. The van der Waals surface area contributed by atoms with Crippen LogP contribution in [0.1, 0.15) is 15.9 Å². The summed E-state index contributed by atoms with van der Waals surface area (Å²) in [6.45, 7) is 3.86. The number of benzene rings is 1. The number of primary amides is 1. The van der Waals surface area contributed by atoms with E-state index in [1.165, 1.54) is 18.0 Å². The minimum Gasteiger partial charge on any atom is -0.366 e. The minimum atomic E-state index is -0.498. The average molecular weight is 358 g/mol. The molecular formula is C18H20ClN5O. The van der Waals surface area contributed by atoms with Gasteiger partial charge in [0.1, 0.15) is 0 Å². The lowest BCUT2D eigenvalue weighted by molar-refractivity contribution is 0.0999. The van der Waals surface area contributed by atoms with Crippen LogP contribution in [0.4, 0.5) is 5.95 Å². The summed E-state index contributed by atoms with van der Waals surface area (Å²) in [5, 5.41) is 4.31. The molecule has 2 aliphatic rings. The number of hydrogen-bond acceptors (Lipinski definition) is 5. The molecule has 3 N–H and O–H groups in total. The zero-order chi connectivity index (χ0) is 17.4. The lowest BCUT2D eigenvalue weighted by atomic mass is 10.2. The normalized spacial score (nSPS) is 24.2. The second-order valence-corrected chi connectivity index (χ2v) is 7.23. The third-order valence-corrected chi connectivity index (χ3v) is 5.45. The molecule has 0 spiro atoms. The largest absolute Gasteiger partial charge is 0.366 e. The van der Waals surface area contributed by atoms with Crippen LogP contribution in [-0.2, 0) is 6.54 Å². The number of rotatable bonds is 6. The summed E-state index contributed by atoms with van der Waals surface area (Å²) in [6.07, 6.45) is 3.00. The fourth-order valence-corrected chi connectivity index (χ4v) is 3.84. The second-order valence-electron chi connectivity index (χ2n) is 6.79. The molecule has 1 saturated carbocycles. The number of amides is 1. The maximum absolute atomic E-state index is 11.1. The highest BCUT2D eigenvalue weighted by molar-refractivity contribution is 6.30. The molecule has 2 atom stereocenters. The molecule has 1 aliphatic carbocycles. The molecule has 1 aromatic carbocycles. The Bertz CT molecular complexity index is 752. The molecule has 0 radical (unpaired) electrons. The summed E-state index contributed by atoms with van der Waals surface area (Å²) in [4.78, 5) is 21.8. The molecule has 7 heteroatoms. The summed E-state index contributed by atoms with van der Waals surface area (Å²) >= 11 is 5.90. The smallest absolute Gasteiger partial charge is 0.251 e. The number of piperidine rings is 1.